The van der Waals surface area contributed by atoms with Gasteiger partial charge in [-0.2, -0.15) is 0 Å². The standard InChI is InChI=1S/C12H24BrNO2/c1-15-9-8-14(7-6-13)11-4-3-5-12(10-11)16-2/h11-12H,3-10H2,1-2H3. The maximum absolute atomic E-state index is 5.48. The van der Waals surface area contributed by atoms with Crippen LogP contribution in [0.2, 0.25) is 0 Å². The molecule has 2 unspecified atom stereocenters. The van der Waals surface area contributed by atoms with Crippen LogP contribution in [0.4, 0.5) is 0 Å². The second-order valence-electron chi connectivity index (χ2n) is 4.40. The predicted octanol–water partition coefficient (Wildman–Crippen LogP) is 2.29. The van der Waals surface area contributed by atoms with Crippen LogP contribution < -0.4 is 0 Å². The van der Waals surface area contributed by atoms with E-state index in [0.717, 1.165) is 25.0 Å². The first-order valence-corrected chi connectivity index (χ1v) is 7.25. The minimum Gasteiger partial charge on any atom is -0.383 e. The molecule has 1 aliphatic carbocycles. The van der Waals surface area contributed by atoms with Crippen molar-refractivity contribution in [2.45, 2.75) is 37.8 Å². The average Bonchev–Trinajstić information content (AvgIpc) is 2.34. The summed E-state index contributed by atoms with van der Waals surface area (Å²) in [6, 6.07) is 0.673. The molecule has 1 aliphatic rings. The van der Waals surface area contributed by atoms with Gasteiger partial charge < -0.3 is 9.47 Å². The molecule has 0 aromatic carbocycles. The summed E-state index contributed by atoms with van der Waals surface area (Å²) in [5.41, 5.74) is 0. The number of ether oxygens (including phenoxy) is 2. The summed E-state index contributed by atoms with van der Waals surface area (Å²) < 4.78 is 10.7. The molecule has 0 heterocycles. The van der Waals surface area contributed by atoms with Crippen molar-refractivity contribution in [1.29, 1.82) is 0 Å². The molecule has 0 bridgehead atoms. The molecule has 4 heteroatoms. The molecule has 3 nitrogen and oxygen atoms in total. The largest absolute Gasteiger partial charge is 0.383 e. The van der Waals surface area contributed by atoms with E-state index in [9.17, 15) is 0 Å². The predicted molar refractivity (Wildman–Crippen MR) is 70.3 cm³/mol. The number of nitrogens with zero attached hydrogens (tertiary/aromatic N) is 1. The van der Waals surface area contributed by atoms with Crippen molar-refractivity contribution in [3.05, 3.63) is 0 Å². The lowest BCUT2D eigenvalue weighted by molar-refractivity contribution is 0.0228. The average molecular weight is 294 g/mol. The molecule has 1 saturated carbocycles. The number of alkyl halides is 1. The molecule has 0 N–H and O–H groups in total. The van der Waals surface area contributed by atoms with Crippen molar-refractivity contribution in [2.24, 2.45) is 0 Å². The maximum atomic E-state index is 5.48. The minimum absolute atomic E-state index is 0.458. The van der Waals surface area contributed by atoms with Crippen LogP contribution >= 0.6 is 15.9 Å². The van der Waals surface area contributed by atoms with E-state index in [2.05, 4.69) is 20.8 Å². The lowest BCUT2D eigenvalue weighted by Crippen LogP contribution is -2.43. The Kier molecular flexibility index (Phi) is 7.62. The van der Waals surface area contributed by atoms with Crippen LogP contribution in [0.25, 0.3) is 0 Å². The van der Waals surface area contributed by atoms with E-state index in [4.69, 9.17) is 9.47 Å². The van der Waals surface area contributed by atoms with Gasteiger partial charge in [0.2, 0.25) is 0 Å². The third-order valence-electron chi connectivity index (χ3n) is 3.40. The van der Waals surface area contributed by atoms with Gasteiger partial charge in [0, 0.05) is 38.7 Å². The first kappa shape index (κ1) is 14.4. The second-order valence-corrected chi connectivity index (χ2v) is 5.19. The molecule has 0 amide bonds. The Bertz CT molecular complexity index is 178. The van der Waals surface area contributed by atoms with Crippen LogP contribution in [0.5, 0.6) is 0 Å². The fraction of sp³-hybridized carbons (Fsp3) is 1.00. The van der Waals surface area contributed by atoms with E-state index in [0.29, 0.717) is 12.1 Å². The molecule has 1 fully saturated rings. The third-order valence-corrected chi connectivity index (χ3v) is 3.76. The van der Waals surface area contributed by atoms with Gasteiger partial charge in [0.1, 0.15) is 0 Å². The number of rotatable bonds is 7. The zero-order valence-corrected chi connectivity index (χ0v) is 12.0. The van der Waals surface area contributed by atoms with Gasteiger partial charge >= 0.3 is 0 Å². The van der Waals surface area contributed by atoms with Gasteiger partial charge in [-0.25, -0.2) is 0 Å². The third kappa shape index (κ3) is 4.70. The molecule has 0 aromatic heterocycles. The monoisotopic (exact) mass is 293 g/mol. The Labute approximate surface area is 108 Å². The quantitative estimate of drug-likeness (QED) is 0.672. The van der Waals surface area contributed by atoms with E-state index >= 15 is 0 Å². The molecule has 0 spiro atoms. The van der Waals surface area contributed by atoms with Crippen molar-refractivity contribution in [2.75, 3.05) is 39.2 Å². The zero-order chi connectivity index (χ0) is 11.8. The van der Waals surface area contributed by atoms with Crippen LogP contribution in [-0.2, 0) is 9.47 Å². The Balaban J connectivity index is 2.41. The summed E-state index contributed by atoms with van der Waals surface area (Å²) in [4.78, 5) is 2.53. The number of hydrogen-bond donors (Lipinski definition) is 0. The number of halogens is 1. The summed E-state index contributed by atoms with van der Waals surface area (Å²) in [5, 5.41) is 1.03. The highest BCUT2D eigenvalue weighted by Gasteiger charge is 2.25. The highest BCUT2D eigenvalue weighted by Crippen LogP contribution is 2.24. The van der Waals surface area contributed by atoms with Crippen LogP contribution in [-0.4, -0.2) is 56.3 Å². The van der Waals surface area contributed by atoms with Crippen LogP contribution in [0.1, 0.15) is 25.7 Å². The van der Waals surface area contributed by atoms with Gasteiger partial charge in [-0.05, 0) is 25.7 Å². The fourth-order valence-electron chi connectivity index (χ4n) is 2.46. The Morgan fingerprint density at radius 3 is 2.69 bits per heavy atom. The maximum Gasteiger partial charge on any atom is 0.0589 e. The van der Waals surface area contributed by atoms with Gasteiger partial charge in [0.15, 0.2) is 0 Å². The number of hydrogen-bond acceptors (Lipinski definition) is 3. The number of methoxy groups -OCH3 is 2. The fourth-order valence-corrected chi connectivity index (χ4v) is 2.92. The van der Waals surface area contributed by atoms with Gasteiger partial charge in [-0.15, -0.1) is 0 Å². The topological polar surface area (TPSA) is 21.7 Å². The van der Waals surface area contributed by atoms with Crippen molar-refractivity contribution >= 4 is 15.9 Å². The first-order chi connectivity index (χ1) is 7.81. The summed E-state index contributed by atoms with van der Waals surface area (Å²) in [6.07, 6.45) is 5.44. The molecular formula is C12H24BrNO2. The molecule has 0 aliphatic heterocycles. The van der Waals surface area contributed by atoms with Gasteiger partial charge in [0.25, 0.3) is 0 Å². The lowest BCUT2D eigenvalue weighted by Gasteiger charge is -2.36. The normalized spacial score (nSPS) is 26.2. The Hall–Kier alpha value is 0.360. The van der Waals surface area contributed by atoms with E-state index < -0.39 is 0 Å². The smallest absolute Gasteiger partial charge is 0.0589 e. The van der Waals surface area contributed by atoms with Crippen molar-refractivity contribution in [1.82, 2.24) is 4.90 Å². The SMILES string of the molecule is COCCN(CCBr)C1CCCC(OC)C1. The van der Waals surface area contributed by atoms with E-state index in [1.165, 1.54) is 25.7 Å². The minimum atomic E-state index is 0.458. The van der Waals surface area contributed by atoms with Crippen molar-refractivity contribution < 1.29 is 9.47 Å². The van der Waals surface area contributed by atoms with Crippen LogP contribution in [0.3, 0.4) is 0 Å². The van der Waals surface area contributed by atoms with E-state index in [-0.39, 0.29) is 0 Å². The summed E-state index contributed by atoms with van der Waals surface area (Å²) in [6.45, 7) is 2.95. The van der Waals surface area contributed by atoms with Gasteiger partial charge in [-0.1, -0.05) is 15.9 Å². The molecule has 0 saturated heterocycles. The van der Waals surface area contributed by atoms with E-state index in [1.807, 2.05) is 7.11 Å². The summed E-state index contributed by atoms with van der Waals surface area (Å²) >= 11 is 3.53. The zero-order valence-electron chi connectivity index (χ0n) is 10.5. The van der Waals surface area contributed by atoms with Crippen LogP contribution in [0.15, 0.2) is 0 Å². The molecule has 0 radical (unpaired) electrons. The first-order valence-electron chi connectivity index (χ1n) is 6.13. The molecule has 0 aromatic rings. The molecular weight excluding hydrogens is 270 g/mol. The van der Waals surface area contributed by atoms with Crippen LogP contribution in [0, 0.1) is 0 Å². The highest BCUT2D eigenvalue weighted by atomic mass is 79.9. The highest BCUT2D eigenvalue weighted by molar-refractivity contribution is 9.09. The lowest BCUT2D eigenvalue weighted by atomic mass is 9.91. The van der Waals surface area contributed by atoms with Crippen molar-refractivity contribution in [3.63, 3.8) is 0 Å². The Morgan fingerprint density at radius 2 is 2.06 bits per heavy atom. The molecule has 16 heavy (non-hydrogen) atoms. The molecule has 96 valence electrons. The Morgan fingerprint density at radius 1 is 1.25 bits per heavy atom. The summed E-state index contributed by atoms with van der Waals surface area (Å²) in [7, 11) is 3.60. The summed E-state index contributed by atoms with van der Waals surface area (Å²) in [5.74, 6) is 0. The molecule has 1 rings (SSSR count). The van der Waals surface area contributed by atoms with Gasteiger partial charge in [0.05, 0.1) is 12.7 Å². The van der Waals surface area contributed by atoms with Crippen molar-refractivity contribution in [3.8, 4) is 0 Å². The van der Waals surface area contributed by atoms with Gasteiger partial charge in [-0.3, -0.25) is 4.90 Å². The van der Waals surface area contributed by atoms with E-state index in [1.54, 1.807) is 7.11 Å². The second kappa shape index (κ2) is 8.45. The molecule has 2 atom stereocenters.